The zero-order valence-corrected chi connectivity index (χ0v) is 7.29. The van der Waals surface area contributed by atoms with Gasteiger partial charge in [-0.25, -0.2) is 9.59 Å². The van der Waals surface area contributed by atoms with E-state index in [0.29, 0.717) is 0 Å². The van der Waals surface area contributed by atoms with Crippen LogP contribution in [0.4, 0.5) is 0 Å². The molecule has 0 aromatic heterocycles. The molecular formula is C8H12O4. The standard InChI is InChI=1S/C8H12O4/c1-8(2,3)4-5(6(9)10)7(11)12/h4H,1-3H3,(H,9,10)(H,11,12). The topological polar surface area (TPSA) is 74.6 Å². The fourth-order valence-electron chi connectivity index (χ4n) is 0.648. The van der Waals surface area contributed by atoms with Crippen LogP contribution in [0.2, 0.25) is 0 Å². The SMILES string of the molecule is CC(C)(C)C=C(C(=O)O)C(=O)O. The average molecular weight is 172 g/mol. The van der Waals surface area contributed by atoms with Crippen LogP contribution in [-0.2, 0) is 9.59 Å². The van der Waals surface area contributed by atoms with Crippen LogP contribution in [0.1, 0.15) is 20.8 Å². The number of carboxylic acid groups (broad SMARTS) is 2. The third kappa shape index (κ3) is 3.75. The van der Waals surface area contributed by atoms with Crippen LogP contribution in [0, 0.1) is 5.41 Å². The molecule has 0 radical (unpaired) electrons. The first-order valence-electron chi connectivity index (χ1n) is 3.43. The molecule has 0 aliphatic rings. The van der Waals surface area contributed by atoms with E-state index in [1.807, 2.05) is 0 Å². The number of rotatable bonds is 2. The fraction of sp³-hybridized carbons (Fsp3) is 0.500. The van der Waals surface area contributed by atoms with Gasteiger partial charge in [0.1, 0.15) is 5.57 Å². The van der Waals surface area contributed by atoms with Gasteiger partial charge in [0.25, 0.3) is 0 Å². The molecular weight excluding hydrogens is 160 g/mol. The van der Waals surface area contributed by atoms with Crippen LogP contribution in [0.25, 0.3) is 0 Å². The molecule has 0 unspecified atom stereocenters. The monoisotopic (exact) mass is 172 g/mol. The Bertz CT molecular complexity index is 216. The second kappa shape index (κ2) is 3.38. The zero-order chi connectivity index (χ0) is 9.94. The number of hydrogen-bond acceptors (Lipinski definition) is 2. The van der Waals surface area contributed by atoms with Gasteiger partial charge in [0, 0.05) is 0 Å². The minimum absolute atomic E-state index is 0.438. The highest BCUT2D eigenvalue weighted by atomic mass is 16.4. The van der Waals surface area contributed by atoms with E-state index in [2.05, 4.69) is 0 Å². The van der Waals surface area contributed by atoms with E-state index in [-0.39, 0.29) is 0 Å². The van der Waals surface area contributed by atoms with Crippen molar-refractivity contribution in [2.45, 2.75) is 20.8 Å². The second-order valence-corrected chi connectivity index (χ2v) is 3.53. The summed E-state index contributed by atoms with van der Waals surface area (Å²) in [5.74, 6) is -2.81. The summed E-state index contributed by atoms with van der Waals surface area (Å²) < 4.78 is 0. The molecule has 0 aliphatic heterocycles. The lowest BCUT2D eigenvalue weighted by atomic mass is 9.93. The highest BCUT2D eigenvalue weighted by Gasteiger charge is 2.19. The highest BCUT2D eigenvalue weighted by Crippen LogP contribution is 2.17. The van der Waals surface area contributed by atoms with E-state index in [9.17, 15) is 9.59 Å². The van der Waals surface area contributed by atoms with E-state index in [1.54, 1.807) is 20.8 Å². The molecule has 0 spiro atoms. The van der Waals surface area contributed by atoms with Crippen LogP contribution in [0.15, 0.2) is 11.6 Å². The normalized spacial score (nSPS) is 10.6. The Balaban J connectivity index is 4.88. The Morgan fingerprint density at radius 3 is 1.50 bits per heavy atom. The Morgan fingerprint density at radius 2 is 1.42 bits per heavy atom. The molecule has 0 atom stereocenters. The largest absolute Gasteiger partial charge is 0.477 e. The van der Waals surface area contributed by atoms with Gasteiger partial charge in [-0.1, -0.05) is 26.8 Å². The molecule has 4 heteroatoms. The Kier molecular flexibility index (Phi) is 3.01. The predicted molar refractivity (Wildman–Crippen MR) is 42.8 cm³/mol. The molecule has 0 fully saturated rings. The number of carboxylic acids is 2. The molecule has 12 heavy (non-hydrogen) atoms. The van der Waals surface area contributed by atoms with Crippen molar-refractivity contribution in [2.75, 3.05) is 0 Å². The summed E-state index contributed by atoms with van der Waals surface area (Å²) in [6.07, 6.45) is 1.22. The quantitative estimate of drug-likeness (QED) is 0.372. The van der Waals surface area contributed by atoms with Crippen LogP contribution in [-0.4, -0.2) is 22.2 Å². The summed E-state index contributed by atoms with van der Waals surface area (Å²) in [5, 5.41) is 16.9. The van der Waals surface area contributed by atoms with Crippen LogP contribution in [0.3, 0.4) is 0 Å². The lowest BCUT2D eigenvalue weighted by Gasteiger charge is -2.12. The summed E-state index contributed by atoms with van der Waals surface area (Å²) in [7, 11) is 0. The number of allylic oxidation sites excluding steroid dienone is 1. The predicted octanol–water partition coefficient (Wildman–Crippen LogP) is 1.13. The minimum atomic E-state index is -1.41. The van der Waals surface area contributed by atoms with E-state index >= 15 is 0 Å². The van der Waals surface area contributed by atoms with E-state index in [1.165, 1.54) is 6.08 Å². The van der Waals surface area contributed by atoms with Crippen molar-refractivity contribution in [2.24, 2.45) is 5.41 Å². The Labute approximate surface area is 70.5 Å². The zero-order valence-electron chi connectivity index (χ0n) is 7.29. The third-order valence-corrected chi connectivity index (χ3v) is 1.04. The van der Waals surface area contributed by atoms with Crippen molar-refractivity contribution in [1.29, 1.82) is 0 Å². The van der Waals surface area contributed by atoms with E-state index in [0.717, 1.165) is 0 Å². The molecule has 0 aromatic carbocycles. The van der Waals surface area contributed by atoms with Crippen molar-refractivity contribution in [3.8, 4) is 0 Å². The maximum Gasteiger partial charge on any atom is 0.342 e. The van der Waals surface area contributed by atoms with Crippen molar-refractivity contribution in [3.63, 3.8) is 0 Å². The molecule has 0 heterocycles. The lowest BCUT2D eigenvalue weighted by molar-refractivity contribution is -0.140. The van der Waals surface area contributed by atoms with Gasteiger partial charge in [-0.2, -0.15) is 0 Å². The van der Waals surface area contributed by atoms with Gasteiger partial charge in [0.2, 0.25) is 0 Å². The van der Waals surface area contributed by atoms with Crippen LogP contribution >= 0.6 is 0 Å². The molecule has 0 saturated heterocycles. The Morgan fingerprint density at radius 1 is 1.08 bits per heavy atom. The van der Waals surface area contributed by atoms with E-state index in [4.69, 9.17) is 10.2 Å². The first kappa shape index (κ1) is 10.7. The molecule has 0 bridgehead atoms. The van der Waals surface area contributed by atoms with Gasteiger partial charge < -0.3 is 10.2 Å². The first-order chi connectivity index (χ1) is 5.24. The summed E-state index contributed by atoms with van der Waals surface area (Å²) >= 11 is 0. The number of aliphatic carboxylic acids is 2. The van der Waals surface area contributed by atoms with Gasteiger partial charge in [0.05, 0.1) is 0 Å². The summed E-state index contributed by atoms with van der Waals surface area (Å²) in [4.78, 5) is 20.7. The fourth-order valence-corrected chi connectivity index (χ4v) is 0.648. The third-order valence-electron chi connectivity index (χ3n) is 1.04. The summed E-state index contributed by atoms with van der Waals surface area (Å²) in [5.41, 5.74) is -1.02. The van der Waals surface area contributed by atoms with Gasteiger partial charge in [-0.3, -0.25) is 0 Å². The van der Waals surface area contributed by atoms with Crippen LogP contribution in [0.5, 0.6) is 0 Å². The van der Waals surface area contributed by atoms with Gasteiger partial charge >= 0.3 is 11.9 Å². The van der Waals surface area contributed by atoms with Gasteiger partial charge in [-0.15, -0.1) is 0 Å². The summed E-state index contributed by atoms with van der Waals surface area (Å²) in [6, 6.07) is 0. The molecule has 0 saturated carbocycles. The number of carbonyl (C=O) groups is 2. The lowest BCUT2D eigenvalue weighted by Crippen LogP contribution is -2.15. The van der Waals surface area contributed by atoms with Crippen LogP contribution < -0.4 is 0 Å². The molecule has 2 N–H and O–H groups in total. The van der Waals surface area contributed by atoms with Crippen molar-refractivity contribution in [1.82, 2.24) is 0 Å². The minimum Gasteiger partial charge on any atom is -0.477 e. The maximum atomic E-state index is 10.4. The first-order valence-corrected chi connectivity index (χ1v) is 3.43. The van der Waals surface area contributed by atoms with Gasteiger partial charge in [0.15, 0.2) is 0 Å². The average Bonchev–Trinajstić information content (AvgIpc) is 1.79. The number of hydrogen-bond donors (Lipinski definition) is 2. The molecule has 4 nitrogen and oxygen atoms in total. The van der Waals surface area contributed by atoms with E-state index < -0.39 is 22.9 Å². The second-order valence-electron chi connectivity index (χ2n) is 3.53. The molecule has 68 valence electrons. The molecule has 0 rings (SSSR count). The van der Waals surface area contributed by atoms with Crippen molar-refractivity contribution >= 4 is 11.9 Å². The summed E-state index contributed by atoms with van der Waals surface area (Å²) in [6.45, 7) is 5.20. The Hall–Kier alpha value is -1.32. The molecule has 0 amide bonds. The smallest absolute Gasteiger partial charge is 0.342 e. The van der Waals surface area contributed by atoms with Crippen molar-refractivity contribution in [3.05, 3.63) is 11.6 Å². The van der Waals surface area contributed by atoms with Crippen molar-refractivity contribution < 1.29 is 19.8 Å². The van der Waals surface area contributed by atoms with Gasteiger partial charge in [-0.05, 0) is 5.41 Å². The highest BCUT2D eigenvalue weighted by molar-refractivity contribution is 6.12. The molecule has 0 aliphatic carbocycles. The maximum absolute atomic E-state index is 10.4. The molecule has 0 aromatic rings.